The maximum absolute atomic E-state index is 3.63. The fraction of sp³-hybridized carbons (Fsp3) is 1.00. The highest BCUT2D eigenvalue weighted by Crippen LogP contribution is 2.27. The number of quaternary nitrogens is 1. The number of unbranched alkanes of at least 4 members (excludes halogenated alkanes) is 1. The molecule has 3 atom stereocenters. The standard InChI is InChI=1S/C11H23N4/c1-2-3-4-15-6-11-5-13(10-15)9-14(11)7-12-8-15/h11-12H,2-10H2,1H3/q+1. The van der Waals surface area contributed by atoms with Crippen molar-refractivity contribution in [1.29, 1.82) is 0 Å². The molecule has 0 aromatic carbocycles. The van der Waals surface area contributed by atoms with Gasteiger partial charge in [0, 0.05) is 6.54 Å². The molecule has 0 saturated carbocycles. The molecular weight excluding hydrogens is 188 g/mol. The fourth-order valence-electron chi connectivity index (χ4n) is 3.51. The average Bonchev–Trinajstić information content (AvgIpc) is 2.44. The highest BCUT2D eigenvalue weighted by molar-refractivity contribution is 4.86. The zero-order valence-corrected chi connectivity index (χ0v) is 9.78. The summed E-state index contributed by atoms with van der Waals surface area (Å²) in [6.45, 7) is 11.1. The van der Waals surface area contributed by atoms with Gasteiger partial charge in [-0.2, -0.15) is 0 Å². The Morgan fingerprint density at radius 2 is 2.40 bits per heavy atom. The van der Waals surface area contributed by atoms with Gasteiger partial charge in [0.2, 0.25) is 0 Å². The lowest BCUT2D eigenvalue weighted by Gasteiger charge is -2.43. The van der Waals surface area contributed by atoms with Gasteiger partial charge in [0.05, 0.1) is 32.5 Å². The molecule has 0 aromatic rings. The first kappa shape index (κ1) is 10.0. The monoisotopic (exact) mass is 211 g/mol. The molecule has 0 aromatic heterocycles. The summed E-state index contributed by atoms with van der Waals surface area (Å²) in [7, 11) is 0. The predicted molar refractivity (Wildman–Crippen MR) is 59.8 cm³/mol. The first-order valence-corrected chi connectivity index (χ1v) is 6.33. The van der Waals surface area contributed by atoms with Crippen LogP contribution in [0.1, 0.15) is 19.8 Å². The van der Waals surface area contributed by atoms with Crippen molar-refractivity contribution in [3.63, 3.8) is 0 Å². The molecule has 3 aliphatic rings. The van der Waals surface area contributed by atoms with Crippen LogP contribution in [0.3, 0.4) is 0 Å². The minimum absolute atomic E-state index is 0.825. The second kappa shape index (κ2) is 3.70. The summed E-state index contributed by atoms with van der Waals surface area (Å²) in [6.07, 6.45) is 2.70. The third-order valence-electron chi connectivity index (χ3n) is 4.21. The van der Waals surface area contributed by atoms with Crippen molar-refractivity contribution in [3.05, 3.63) is 0 Å². The van der Waals surface area contributed by atoms with E-state index in [1.165, 1.54) is 57.0 Å². The molecule has 15 heavy (non-hydrogen) atoms. The first-order chi connectivity index (χ1) is 7.31. The fourth-order valence-corrected chi connectivity index (χ4v) is 3.51. The van der Waals surface area contributed by atoms with E-state index in [1.54, 1.807) is 0 Å². The Morgan fingerprint density at radius 1 is 1.47 bits per heavy atom. The Labute approximate surface area is 92.4 Å². The molecule has 3 unspecified atom stereocenters. The predicted octanol–water partition coefficient (Wildman–Crippen LogP) is 0.0363. The van der Waals surface area contributed by atoms with Crippen LogP contribution in [0.4, 0.5) is 0 Å². The lowest BCUT2D eigenvalue weighted by atomic mass is 10.2. The summed E-state index contributed by atoms with van der Waals surface area (Å²) in [5.74, 6) is 0. The summed E-state index contributed by atoms with van der Waals surface area (Å²) >= 11 is 0. The average molecular weight is 211 g/mol. The Morgan fingerprint density at radius 3 is 3.27 bits per heavy atom. The summed E-state index contributed by atoms with van der Waals surface area (Å²) in [5.41, 5.74) is 0. The molecule has 0 radical (unpaired) electrons. The van der Waals surface area contributed by atoms with Gasteiger partial charge in [0.1, 0.15) is 13.3 Å². The molecule has 3 rings (SSSR count). The molecule has 0 spiro atoms. The van der Waals surface area contributed by atoms with Crippen LogP contribution in [0, 0.1) is 0 Å². The highest BCUT2D eigenvalue weighted by Gasteiger charge is 2.47. The lowest BCUT2D eigenvalue weighted by Crippen LogP contribution is -2.62. The third kappa shape index (κ3) is 1.69. The largest absolute Gasteiger partial charge is 0.297 e. The van der Waals surface area contributed by atoms with Gasteiger partial charge in [-0.05, 0) is 6.42 Å². The number of rotatable bonds is 3. The third-order valence-corrected chi connectivity index (χ3v) is 4.21. The maximum Gasteiger partial charge on any atom is 0.137 e. The number of hydrogen-bond acceptors (Lipinski definition) is 3. The summed E-state index contributed by atoms with van der Waals surface area (Å²) in [5, 5.41) is 3.63. The van der Waals surface area contributed by atoms with Crippen molar-refractivity contribution in [2.24, 2.45) is 0 Å². The number of nitrogens with one attached hydrogen (secondary N) is 1. The van der Waals surface area contributed by atoms with Crippen LogP contribution in [0.2, 0.25) is 0 Å². The first-order valence-electron chi connectivity index (χ1n) is 6.33. The summed E-state index contributed by atoms with van der Waals surface area (Å²) in [6, 6.07) is 0.825. The van der Waals surface area contributed by atoms with Crippen LogP contribution in [-0.2, 0) is 0 Å². The Kier molecular flexibility index (Phi) is 2.47. The van der Waals surface area contributed by atoms with Gasteiger partial charge in [-0.1, -0.05) is 13.3 Å². The van der Waals surface area contributed by atoms with E-state index in [9.17, 15) is 0 Å². The molecule has 3 aliphatic heterocycles. The molecule has 1 N–H and O–H groups in total. The van der Waals surface area contributed by atoms with E-state index in [0.29, 0.717) is 0 Å². The Bertz CT molecular complexity index is 245. The quantitative estimate of drug-likeness (QED) is 0.665. The van der Waals surface area contributed by atoms with Gasteiger partial charge in [-0.15, -0.1) is 0 Å². The molecule has 86 valence electrons. The van der Waals surface area contributed by atoms with Crippen LogP contribution in [-0.4, -0.2) is 66.6 Å². The van der Waals surface area contributed by atoms with E-state index in [4.69, 9.17) is 0 Å². The Balaban J connectivity index is 1.77. The van der Waals surface area contributed by atoms with Gasteiger partial charge in [0.25, 0.3) is 0 Å². The number of hydrogen-bond donors (Lipinski definition) is 1. The molecule has 0 amide bonds. The van der Waals surface area contributed by atoms with Crippen LogP contribution < -0.4 is 5.32 Å². The molecule has 3 heterocycles. The SMILES string of the molecule is CCCC[N+]12CNCN3CN(CC3C1)C2. The van der Waals surface area contributed by atoms with Gasteiger partial charge >= 0.3 is 0 Å². The van der Waals surface area contributed by atoms with Crippen LogP contribution in [0.15, 0.2) is 0 Å². The molecule has 3 saturated heterocycles. The normalized spacial score (nSPS) is 44.6. The zero-order chi connectivity index (χ0) is 10.3. The number of nitrogens with zero attached hydrogens (tertiary/aromatic N) is 3. The van der Waals surface area contributed by atoms with Crippen molar-refractivity contribution < 1.29 is 4.48 Å². The van der Waals surface area contributed by atoms with Gasteiger partial charge in [-0.25, -0.2) is 4.90 Å². The maximum atomic E-state index is 3.63. The van der Waals surface area contributed by atoms with E-state index in [1.807, 2.05) is 0 Å². The molecule has 3 fully saturated rings. The summed E-state index contributed by atoms with van der Waals surface area (Å²) < 4.78 is 1.30. The highest BCUT2D eigenvalue weighted by atomic mass is 15.6. The molecular formula is C11H23N4+. The second-order valence-corrected chi connectivity index (χ2v) is 5.55. The van der Waals surface area contributed by atoms with E-state index in [0.717, 1.165) is 12.7 Å². The Hall–Kier alpha value is -0.160. The van der Waals surface area contributed by atoms with Gasteiger partial charge in [-0.3, -0.25) is 14.7 Å². The van der Waals surface area contributed by atoms with Crippen molar-refractivity contribution in [2.45, 2.75) is 25.8 Å². The van der Waals surface area contributed by atoms with E-state index in [-0.39, 0.29) is 0 Å². The molecule has 4 nitrogen and oxygen atoms in total. The van der Waals surface area contributed by atoms with Gasteiger partial charge in [0.15, 0.2) is 0 Å². The van der Waals surface area contributed by atoms with Crippen molar-refractivity contribution in [1.82, 2.24) is 15.1 Å². The van der Waals surface area contributed by atoms with Gasteiger partial charge < -0.3 is 0 Å². The van der Waals surface area contributed by atoms with Crippen LogP contribution in [0.25, 0.3) is 0 Å². The molecule has 3 bridgehead atoms. The number of fused-ring (bicyclic) bond motifs is 2. The minimum atomic E-state index is 0.825. The molecule has 4 heteroatoms. The second-order valence-electron chi connectivity index (χ2n) is 5.55. The van der Waals surface area contributed by atoms with Crippen molar-refractivity contribution in [2.75, 3.05) is 46.3 Å². The smallest absolute Gasteiger partial charge is 0.137 e. The minimum Gasteiger partial charge on any atom is -0.297 e. The van der Waals surface area contributed by atoms with Crippen LogP contribution >= 0.6 is 0 Å². The topological polar surface area (TPSA) is 18.5 Å². The van der Waals surface area contributed by atoms with Crippen LogP contribution in [0.5, 0.6) is 0 Å². The van der Waals surface area contributed by atoms with Crippen molar-refractivity contribution >= 4 is 0 Å². The van der Waals surface area contributed by atoms with E-state index in [2.05, 4.69) is 22.0 Å². The summed E-state index contributed by atoms with van der Waals surface area (Å²) in [4.78, 5) is 5.25. The zero-order valence-electron chi connectivity index (χ0n) is 9.78. The van der Waals surface area contributed by atoms with E-state index >= 15 is 0 Å². The van der Waals surface area contributed by atoms with E-state index < -0.39 is 0 Å². The molecule has 0 aliphatic carbocycles. The lowest BCUT2D eigenvalue weighted by molar-refractivity contribution is -0.943. The van der Waals surface area contributed by atoms with Crippen molar-refractivity contribution in [3.8, 4) is 0 Å².